The fourth-order valence-corrected chi connectivity index (χ4v) is 4.78. The summed E-state index contributed by atoms with van der Waals surface area (Å²) >= 11 is 1.60. The van der Waals surface area contributed by atoms with E-state index in [1.807, 2.05) is 19.1 Å². The summed E-state index contributed by atoms with van der Waals surface area (Å²) in [6, 6.07) is 7.39. The Bertz CT molecular complexity index is 637. The summed E-state index contributed by atoms with van der Waals surface area (Å²) in [6.07, 6.45) is 4.37. The lowest BCUT2D eigenvalue weighted by Crippen LogP contribution is -2.28. The summed E-state index contributed by atoms with van der Waals surface area (Å²) in [5.41, 5.74) is 7.89. The number of rotatable bonds is 3. The predicted octanol–water partition coefficient (Wildman–Crippen LogP) is 2.73. The fraction of sp³-hybridized carbons (Fsp3) is 0.412. The number of primary amides is 1. The van der Waals surface area contributed by atoms with E-state index in [2.05, 4.69) is 5.32 Å². The molecule has 0 spiro atoms. The molecule has 0 bridgehead atoms. The van der Waals surface area contributed by atoms with E-state index in [9.17, 15) is 9.59 Å². The highest BCUT2D eigenvalue weighted by molar-refractivity contribution is 8.04. The lowest BCUT2D eigenvalue weighted by atomic mass is 9.83. The molecule has 4 nitrogen and oxygen atoms in total. The van der Waals surface area contributed by atoms with Crippen molar-refractivity contribution in [3.63, 3.8) is 0 Å². The number of hydrogen-bond donors (Lipinski definition) is 2. The van der Waals surface area contributed by atoms with Gasteiger partial charge in [-0.2, -0.15) is 0 Å². The van der Waals surface area contributed by atoms with Gasteiger partial charge in [-0.25, -0.2) is 0 Å². The number of benzene rings is 1. The van der Waals surface area contributed by atoms with Crippen LogP contribution in [0.2, 0.25) is 0 Å². The molecule has 5 heteroatoms. The van der Waals surface area contributed by atoms with Gasteiger partial charge >= 0.3 is 0 Å². The maximum Gasteiger partial charge on any atom is 0.256 e. The number of nitrogens with two attached hydrogens (primary N) is 1. The van der Waals surface area contributed by atoms with Crippen LogP contribution < -0.4 is 11.1 Å². The van der Waals surface area contributed by atoms with Crippen molar-refractivity contribution >= 4 is 23.6 Å². The molecule has 2 unspecified atom stereocenters. The molecule has 1 saturated carbocycles. The Labute approximate surface area is 134 Å². The molecule has 22 heavy (non-hydrogen) atoms. The second-order valence-corrected chi connectivity index (χ2v) is 7.22. The van der Waals surface area contributed by atoms with Gasteiger partial charge in [-0.05, 0) is 31.9 Å². The molecular weight excluding hydrogens is 296 g/mol. The van der Waals surface area contributed by atoms with Crippen molar-refractivity contribution in [1.82, 2.24) is 5.32 Å². The minimum Gasteiger partial charge on any atom is -0.366 e. The second kappa shape index (κ2) is 6.16. The smallest absolute Gasteiger partial charge is 0.256 e. The van der Waals surface area contributed by atoms with E-state index < -0.39 is 5.91 Å². The van der Waals surface area contributed by atoms with Crippen LogP contribution in [0.5, 0.6) is 0 Å². The number of carbonyl (C=O) groups is 2. The largest absolute Gasteiger partial charge is 0.366 e. The van der Waals surface area contributed by atoms with Gasteiger partial charge in [-0.1, -0.05) is 30.5 Å². The van der Waals surface area contributed by atoms with Crippen LogP contribution >= 0.6 is 11.8 Å². The number of nitrogens with one attached hydrogen (secondary N) is 1. The Hall–Kier alpha value is -1.75. The monoisotopic (exact) mass is 316 g/mol. The van der Waals surface area contributed by atoms with E-state index in [1.54, 1.807) is 23.9 Å². The van der Waals surface area contributed by atoms with Crippen molar-refractivity contribution in [2.45, 2.75) is 37.9 Å². The summed E-state index contributed by atoms with van der Waals surface area (Å²) in [7, 11) is 0. The number of hydrogen-bond acceptors (Lipinski definition) is 3. The highest BCUT2D eigenvalue weighted by Crippen LogP contribution is 2.47. The van der Waals surface area contributed by atoms with Crippen LogP contribution in [-0.2, 0) is 4.79 Å². The Kier molecular flexibility index (Phi) is 4.25. The van der Waals surface area contributed by atoms with Crippen LogP contribution in [-0.4, -0.2) is 17.1 Å². The quantitative estimate of drug-likeness (QED) is 0.900. The van der Waals surface area contributed by atoms with Crippen molar-refractivity contribution in [1.29, 1.82) is 0 Å². The van der Waals surface area contributed by atoms with Gasteiger partial charge in [0.2, 0.25) is 5.91 Å². The van der Waals surface area contributed by atoms with Gasteiger partial charge in [0.1, 0.15) is 0 Å². The van der Waals surface area contributed by atoms with Crippen molar-refractivity contribution in [2.24, 2.45) is 11.7 Å². The molecule has 2 aliphatic rings. The molecule has 2 atom stereocenters. The van der Waals surface area contributed by atoms with Gasteiger partial charge in [0.05, 0.1) is 10.6 Å². The zero-order valence-electron chi connectivity index (χ0n) is 12.6. The van der Waals surface area contributed by atoms with Crippen LogP contribution in [0.15, 0.2) is 34.9 Å². The number of carbonyl (C=O) groups excluding carboxylic acids is 2. The third-order valence-electron chi connectivity index (χ3n) is 4.39. The molecule has 3 N–H and O–H groups in total. The summed E-state index contributed by atoms with van der Waals surface area (Å²) in [5.74, 6) is -0.384. The SMILES string of the molecule is Cc1ccc(C(=O)NC2=C(C(N)=O)C3CCCCC3S2)cc1. The molecule has 116 valence electrons. The van der Waals surface area contributed by atoms with Crippen LogP contribution in [0.4, 0.5) is 0 Å². The number of aryl methyl sites for hydroxylation is 1. The predicted molar refractivity (Wildman–Crippen MR) is 88.2 cm³/mol. The molecule has 0 radical (unpaired) electrons. The minimum absolute atomic E-state index is 0.181. The highest BCUT2D eigenvalue weighted by atomic mass is 32.2. The lowest BCUT2D eigenvalue weighted by molar-refractivity contribution is -0.115. The maximum atomic E-state index is 12.4. The van der Waals surface area contributed by atoms with Crippen molar-refractivity contribution in [2.75, 3.05) is 0 Å². The molecule has 1 aromatic carbocycles. The van der Waals surface area contributed by atoms with E-state index >= 15 is 0 Å². The van der Waals surface area contributed by atoms with E-state index in [4.69, 9.17) is 5.73 Å². The summed E-state index contributed by atoms with van der Waals surface area (Å²) in [6.45, 7) is 1.98. The van der Waals surface area contributed by atoms with Gasteiger partial charge < -0.3 is 11.1 Å². The molecule has 0 aromatic heterocycles. The minimum atomic E-state index is -0.402. The molecule has 1 fully saturated rings. The molecule has 2 amide bonds. The molecule has 0 saturated heterocycles. The number of fused-ring (bicyclic) bond motifs is 1. The van der Waals surface area contributed by atoms with E-state index in [1.165, 1.54) is 6.42 Å². The Morgan fingerprint density at radius 1 is 1.18 bits per heavy atom. The van der Waals surface area contributed by atoms with Gasteiger partial charge in [0.25, 0.3) is 5.91 Å². The molecule has 1 heterocycles. The van der Waals surface area contributed by atoms with Crippen molar-refractivity contribution in [3.05, 3.63) is 46.0 Å². The Balaban J connectivity index is 1.82. The first kappa shape index (κ1) is 15.2. The summed E-state index contributed by atoms with van der Waals surface area (Å²) < 4.78 is 0. The molecule has 1 aromatic rings. The van der Waals surface area contributed by atoms with E-state index in [0.29, 0.717) is 21.4 Å². The average molecular weight is 316 g/mol. The molecule has 3 rings (SSSR count). The zero-order valence-corrected chi connectivity index (χ0v) is 13.4. The van der Waals surface area contributed by atoms with Gasteiger partial charge in [-0.15, -0.1) is 11.8 Å². The van der Waals surface area contributed by atoms with Crippen LogP contribution in [0.1, 0.15) is 41.6 Å². The van der Waals surface area contributed by atoms with Crippen LogP contribution in [0.25, 0.3) is 0 Å². The van der Waals surface area contributed by atoms with E-state index in [0.717, 1.165) is 24.8 Å². The third-order valence-corrected chi connectivity index (χ3v) is 5.82. The zero-order chi connectivity index (χ0) is 15.7. The van der Waals surface area contributed by atoms with Crippen molar-refractivity contribution < 1.29 is 9.59 Å². The third kappa shape index (κ3) is 2.90. The molecular formula is C17H20N2O2S. The lowest BCUT2D eigenvalue weighted by Gasteiger charge is -2.25. The topological polar surface area (TPSA) is 72.2 Å². The first-order valence-electron chi connectivity index (χ1n) is 7.65. The van der Waals surface area contributed by atoms with Gasteiger partial charge in [0, 0.05) is 16.7 Å². The Morgan fingerprint density at radius 2 is 1.86 bits per heavy atom. The van der Waals surface area contributed by atoms with E-state index in [-0.39, 0.29) is 11.8 Å². The molecule has 1 aliphatic carbocycles. The van der Waals surface area contributed by atoms with Crippen LogP contribution in [0.3, 0.4) is 0 Å². The van der Waals surface area contributed by atoms with Crippen molar-refractivity contribution in [3.8, 4) is 0 Å². The highest BCUT2D eigenvalue weighted by Gasteiger charge is 2.40. The normalized spacial score (nSPS) is 24.0. The summed E-state index contributed by atoms with van der Waals surface area (Å²) in [4.78, 5) is 24.2. The van der Waals surface area contributed by atoms with Gasteiger partial charge in [0.15, 0.2) is 0 Å². The fourth-order valence-electron chi connectivity index (χ4n) is 3.22. The average Bonchev–Trinajstić information content (AvgIpc) is 2.85. The summed E-state index contributed by atoms with van der Waals surface area (Å²) in [5, 5.41) is 3.95. The molecule has 1 aliphatic heterocycles. The number of thioether (sulfide) groups is 1. The first-order chi connectivity index (χ1) is 10.6. The second-order valence-electron chi connectivity index (χ2n) is 5.97. The standard InChI is InChI=1S/C17H20N2O2S/c1-10-6-8-11(9-7-10)16(21)19-17-14(15(18)20)12-4-2-3-5-13(12)22-17/h6-9,12-13H,2-5H2,1H3,(H2,18,20)(H,19,21). The first-order valence-corrected chi connectivity index (χ1v) is 8.53. The Morgan fingerprint density at radius 3 is 2.55 bits per heavy atom. The van der Waals surface area contributed by atoms with Gasteiger partial charge in [-0.3, -0.25) is 9.59 Å². The number of amides is 2. The maximum absolute atomic E-state index is 12.4. The van der Waals surface area contributed by atoms with Crippen LogP contribution in [0, 0.1) is 12.8 Å².